The van der Waals surface area contributed by atoms with E-state index in [1.807, 2.05) is 30.3 Å². The molecule has 0 radical (unpaired) electrons. The lowest BCUT2D eigenvalue weighted by atomic mass is 10.1. The number of hydrogen-bond donors (Lipinski definition) is 0. The molecule has 0 aliphatic carbocycles. The number of carbonyl (C=O) groups excluding carboxylic acids is 2. The fraction of sp³-hybridized carbons (Fsp3) is 0. The Morgan fingerprint density at radius 1 is 1.00 bits per heavy atom. The van der Waals surface area contributed by atoms with Crippen molar-refractivity contribution in [2.24, 2.45) is 0 Å². The van der Waals surface area contributed by atoms with Gasteiger partial charge in [0.25, 0.3) is 0 Å². The van der Waals surface area contributed by atoms with E-state index in [-0.39, 0.29) is 11.5 Å². The minimum atomic E-state index is -0.519. The molecule has 27 heavy (non-hydrogen) atoms. The summed E-state index contributed by atoms with van der Waals surface area (Å²) in [6.07, 6.45) is 6.05. The van der Waals surface area contributed by atoms with E-state index in [0.29, 0.717) is 22.8 Å². The minimum absolute atomic E-state index is 0.160. The van der Waals surface area contributed by atoms with Crippen molar-refractivity contribution in [3.8, 4) is 11.5 Å². The summed E-state index contributed by atoms with van der Waals surface area (Å²) >= 11 is 0. The summed E-state index contributed by atoms with van der Waals surface area (Å²) in [5, 5.41) is 0. The number of rotatable bonds is 4. The SMILES string of the molecule is O=C(C=Cc1ccccc1)Oc1ccc2c(c1)OC(=Cc1ccco1)C2=O. The van der Waals surface area contributed by atoms with Crippen molar-refractivity contribution in [3.05, 3.63) is 95.6 Å². The van der Waals surface area contributed by atoms with Gasteiger partial charge in [0.1, 0.15) is 17.3 Å². The summed E-state index contributed by atoms with van der Waals surface area (Å²) < 4.78 is 16.1. The summed E-state index contributed by atoms with van der Waals surface area (Å²) in [6.45, 7) is 0. The molecular weight excluding hydrogens is 344 g/mol. The molecule has 132 valence electrons. The van der Waals surface area contributed by atoms with Crippen LogP contribution in [0, 0.1) is 0 Å². The van der Waals surface area contributed by atoms with Crippen LogP contribution in [0.3, 0.4) is 0 Å². The lowest BCUT2D eigenvalue weighted by Crippen LogP contribution is -2.03. The number of furan rings is 1. The fourth-order valence-corrected chi connectivity index (χ4v) is 2.61. The average Bonchev–Trinajstić information content (AvgIpc) is 3.30. The lowest BCUT2D eigenvalue weighted by molar-refractivity contribution is -0.128. The monoisotopic (exact) mass is 358 g/mol. The van der Waals surface area contributed by atoms with Crippen LogP contribution in [-0.4, -0.2) is 11.8 Å². The maximum atomic E-state index is 12.4. The number of carbonyl (C=O) groups is 2. The molecule has 1 aromatic heterocycles. The van der Waals surface area contributed by atoms with Gasteiger partial charge in [-0.25, -0.2) is 4.79 Å². The predicted octanol–water partition coefficient (Wildman–Crippen LogP) is 4.51. The van der Waals surface area contributed by atoms with Gasteiger partial charge in [0.15, 0.2) is 5.76 Å². The van der Waals surface area contributed by atoms with Crippen LogP contribution in [-0.2, 0) is 4.79 Å². The van der Waals surface area contributed by atoms with Gasteiger partial charge in [-0.3, -0.25) is 4.79 Å². The van der Waals surface area contributed by atoms with Crippen LogP contribution in [0.2, 0.25) is 0 Å². The van der Waals surface area contributed by atoms with E-state index in [0.717, 1.165) is 5.56 Å². The molecule has 0 spiro atoms. The van der Waals surface area contributed by atoms with Crippen molar-refractivity contribution in [1.29, 1.82) is 0 Å². The van der Waals surface area contributed by atoms with E-state index in [1.54, 1.807) is 30.3 Å². The topological polar surface area (TPSA) is 65.7 Å². The Morgan fingerprint density at radius 3 is 2.63 bits per heavy atom. The number of ketones is 1. The Kier molecular flexibility index (Phi) is 4.41. The highest BCUT2D eigenvalue weighted by Crippen LogP contribution is 2.35. The summed E-state index contributed by atoms with van der Waals surface area (Å²) in [5.74, 6) is 0.549. The van der Waals surface area contributed by atoms with Crippen LogP contribution in [0.25, 0.3) is 12.2 Å². The molecular formula is C22H14O5. The zero-order chi connectivity index (χ0) is 18.6. The number of Topliss-reactive ketones (excluding diaryl/α,β-unsaturated/α-hetero) is 1. The molecule has 1 aliphatic heterocycles. The van der Waals surface area contributed by atoms with Gasteiger partial charge in [-0.1, -0.05) is 30.3 Å². The number of hydrogen-bond acceptors (Lipinski definition) is 5. The molecule has 0 N–H and O–H groups in total. The van der Waals surface area contributed by atoms with Crippen molar-refractivity contribution < 1.29 is 23.5 Å². The van der Waals surface area contributed by atoms with E-state index in [1.165, 1.54) is 24.5 Å². The summed E-state index contributed by atoms with van der Waals surface area (Å²) in [4.78, 5) is 24.3. The van der Waals surface area contributed by atoms with Crippen molar-refractivity contribution >= 4 is 23.9 Å². The first-order chi connectivity index (χ1) is 13.2. The molecule has 0 saturated heterocycles. The van der Waals surface area contributed by atoms with Gasteiger partial charge in [0.05, 0.1) is 11.8 Å². The number of allylic oxidation sites excluding steroid dienone is 1. The van der Waals surface area contributed by atoms with Gasteiger partial charge in [-0.2, -0.15) is 0 Å². The highest BCUT2D eigenvalue weighted by molar-refractivity contribution is 6.14. The van der Waals surface area contributed by atoms with Gasteiger partial charge in [0, 0.05) is 18.2 Å². The van der Waals surface area contributed by atoms with Gasteiger partial charge in [-0.05, 0) is 35.9 Å². The second kappa shape index (κ2) is 7.17. The zero-order valence-corrected chi connectivity index (χ0v) is 14.1. The first-order valence-corrected chi connectivity index (χ1v) is 8.26. The summed E-state index contributed by atoms with van der Waals surface area (Å²) in [7, 11) is 0. The number of fused-ring (bicyclic) bond motifs is 1. The molecule has 4 rings (SSSR count). The van der Waals surface area contributed by atoms with Crippen molar-refractivity contribution in [2.75, 3.05) is 0 Å². The average molecular weight is 358 g/mol. The van der Waals surface area contributed by atoms with Crippen LogP contribution >= 0.6 is 0 Å². The second-order valence-corrected chi connectivity index (χ2v) is 5.78. The summed E-state index contributed by atoms with van der Waals surface area (Å²) in [5.41, 5.74) is 1.30. The van der Waals surface area contributed by atoms with Gasteiger partial charge < -0.3 is 13.9 Å². The third kappa shape index (κ3) is 3.72. The van der Waals surface area contributed by atoms with Crippen molar-refractivity contribution in [2.45, 2.75) is 0 Å². The number of esters is 1. The standard InChI is InChI=1S/C22H14O5/c23-21(11-8-15-5-2-1-3-6-15)26-17-9-10-18-19(14-17)27-20(22(18)24)13-16-7-4-12-25-16/h1-14H. The fourth-order valence-electron chi connectivity index (χ4n) is 2.61. The number of benzene rings is 2. The van der Waals surface area contributed by atoms with E-state index in [2.05, 4.69) is 0 Å². The van der Waals surface area contributed by atoms with Crippen LogP contribution in [0.1, 0.15) is 21.7 Å². The van der Waals surface area contributed by atoms with Crippen LogP contribution < -0.4 is 9.47 Å². The van der Waals surface area contributed by atoms with Crippen LogP contribution in [0.15, 0.2) is 83.2 Å². The second-order valence-electron chi connectivity index (χ2n) is 5.78. The van der Waals surface area contributed by atoms with Gasteiger partial charge >= 0.3 is 5.97 Å². The molecule has 0 saturated carbocycles. The molecule has 0 fully saturated rings. The molecule has 0 bridgehead atoms. The first kappa shape index (κ1) is 16.6. The van der Waals surface area contributed by atoms with E-state index >= 15 is 0 Å². The third-order valence-electron chi connectivity index (χ3n) is 3.89. The van der Waals surface area contributed by atoms with Gasteiger partial charge in [0.2, 0.25) is 5.78 Å². The molecule has 2 aromatic carbocycles. The van der Waals surface area contributed by atoms with E-state index in [9.17, 15) is 9.59 Å². The van der Waals surface area contributed by atoms with E-state index in [4.69, 9.17) is 13.9 Å². The Hall–Kier alpha value is -3.86. The molecule has 1 aliphatic rings. The molecule has 3 aromatic rings. The van der Waals surface area contributed by atoms with Crippen molar-refractivity contribution in [1.82, 2.24) is 0 Å². The largest absolute Gasteiger partial charge is 0.465 e. The zero-order valence-electron chi connectivity index (χ0n) is 14.1. The minimum Gasteiger partial charge on any atom is -0.465 e. The predicted molar refractivity (Wildman–Crippen MR) is 99.2 cm³/mol. The number of ether oxygens (including phenoxy) is 2. The Morgan fingerprint density at radius 2 is 1.85 bits per heavy atom. The maximum Gasteiger partial charge on any atom is 0.336 e. The Labute approximate surface area is 155 Å². The molecule has 5 heteroatoms. The van der Waals surface area contributed by atoms with Crippen LogP contribution in [0.4, 0.5) is 0 Å². The van der Waals surface area contributed by atoms with Gasteiger partial charge in [-0.15, -0.1) is 0 Å². The molecule has 5 nitrogen and oxygen atoms in total. The quantitative estimate of drug-likeness (QED) is 0.390. The maximum absolute atomic E-state index is 12.4. The lowest BCUT2D eigenvalue weighted by Gasteiger charge is -2.03. The highest BCUT2D eigenvalue weighted by Gasteiger charge is 2.28. The van der Waals surface area contributed by atoms with Crippen molar-refractivity contribution in [3.63, 3.8) is 0 Å². The van der Waals surface area contributed by atoms with E-state index < -0.39 is 5.97 Å². The van der Waals surface area contributed by atoms with Crippen LogP contribution in [0.5, 0.6) is 11.5 Å². The highest BCUT2D eigenvalue weighted by atomic mass is 16.5. The third-order valence-corrected chi connectivity index (χ3v) is 3.89. The smallest absolute Gasteiger partial charge is 0.336 e. The first-order valence-electron chi connectivity index (χ1n) is 8.26. The Bertz CT molecular complexity index is 1040. The normalized spacial score (nSPS) is 14.4. The molecule has 0 atom stereocenters. The molecule has 0 unspecified atom stereocenters. The summed E-state index contributed by atoms with van der Waals surface area (Å²) in [6, 6.07) is 17.5. The Balaban J connectivity index is 1.48. The molecule has 0 amide bonds. The molecule has 2 heterocycles.